The van der Waals surface area contributed by atoms with Gasteiger partial charge in [0.2, 0.25) is 5.91 Å². The van der Waals surface area contributed by atoms with Gasteiger partial charge in [0.05, 0.1) is 5.75 Å². The zero-order chi connectivity index (χ0) is 16.8. The van der Waals surface area contributed by atoms with Crippen LogP contribution in [0.2, 0.25) is 5.02 Å². The molecular formula is C17H19ClN2O2S. The van der Waals surface area contributed by atoms with E-state index in [2.05, 4.69) is 10.3 Å². The summed E-state index contributed by atoms with van der Waals surface area (Å²) >= 11 is 7.57. The van der Waals surface area contributed by atoms with Gasteiger partial charge in [-0.2, -0.15) is 0 Å². The van der Waals surface area contributed by atoms with Crippen LogP contribution in [-0.4, -0.2) is 16.6 Å². The predicted octanol–water partition coefficient (Wildman–Crippen LogP) is 3.19. The van der Waals surface area contributed by atoms with Crippen molar-refractivity contribution in [2.45, 2.75) is 26.1 Å². The van der Waals surface area contributed by atoms with Gasteiger partial charge < -0.3 is 10.3 Å². The molecule has 0 saturated heterocycles. The Bertz CT molecular complexity index is 758. The molecule has 1 aromatic carbocycles. The molecule has 1 amide bonds. The van der Waals surface area contributed by atoms with Crippen LogP contribution in [0.25, 0.3) is 0 Å². The average molecular weight is 351 g/mol. The van der Waals surface area contributed by atoms with Crippen molar-refractivity contribution in [3.63, 3.8) is 0 Å². The molecule has 0 unspecified atom stereocenters. The highest BCUT2D eigenvalue weighted by Gasteiger charge is 2.08. The first kappa shape index (κ1) is 17.6. The van der Waals surface area contributed by atoms with Crippen LogP contribution in [-0.2, 0) is 17.1 Å². The third-order valence-electron chi connectivity index (χ3n) is 3.40. The first-order valence-electron chi connectivity index (χ1n) is 7.24. The Morgan fingerprint density at radius 1 is 1.30 bits per heavy atom. The van der Waals surface area contributed by atoms with Gasteiger partial charge in [0, 0.05) is 28.6 Å². The SMILES string of the molecule is Cc1cc(C)c(CNC(=O)CSCc2ccccc2Cl)c(=O)[nH]1. The zero-order valence-electron chi connectivity index (χ0n) is 13.1. The van der Waals surface area contributed by atoms with Gasteiger partial charge in [-0.3, -0.25) is 9.59 Å². The number of aromatic nitrogens is 1. The van der Waals surface area contributed by atoms with E-state index in [9.17, 15) is 9.59 Å². The first-order chi connectivity index (χ1) is 11.0. The van der Waals surface area contributed by atoms with Crippen molar-refractivity contribution in [1.82, 2.24) is 10.3 Å². The Morgan fingerprint density at radius 3 is 2.74 bits per heavy atom. The summed E-state index contributed by atoms with van der Waals surface area (Å²) in [7, 11) is 0. The van der Waals surface area contributed by atoms with E-state index in [1.165, 1.54) is 11.8 Å². The number of aromatic amines is 1. The molecule has 122 valence electrons. The molecule has 2 rings (SSSR count). The third-order valence-corrected chi connectivity index (χ3v) is 4.75. The Balaban J connectivity index is 1.82. The second kappa shape index (κ2) is 8.22. The molecule has 0 spiro atoms. The van der Waals surface area contributed by atoms with Crippen LogP contribution in [0, 0.1) is 13.8 Å². The van der Waals surface area contributed by atoms with E-state index >= 15 is 0 Å². The summed E-state index contributed by atoms with van der Waals surface area (Å²) in [6, 6.07) is 9.49. The standard InChI is InChI=1S/C17H19ClN2O2S/c1-11-7-12(2)20-17(22)14(11)8-19-16(21)10-23-9-13-5-3-4-6-15(13)18/h3-7H,8-10H2,1-2H3,(H,19,21)(H,20,22). The lowest BCUT2D eigenvalue weighted by molar-refractivity contribution is -0.118. The molecular weight excluding hydrogens is 332 g/mol. The fourth-order valence-corrected chi connectivity index (χ4v) is 3.35. The lowest BCUT2D eigenvalue weighted by Crippen LogP contribution is -2.29. The summed E-state index contributed by atoms with van der Waals surface area (Å²) in [6.45, 7) is 3.95. The van der Waals surface area contributed by atoms with Gasteiger partial charge in [-0.1, -0.05) is 29.8 Å². The predicted molar refractivity (Wildman–Crippen MR) is 96.0 cm³/mol. The number of benzene rings is 1. The van der Waals surface area contributed by atoms with E-state index in [4.69, 9.17) is 11.6 Å². The summed E-state index contributed by atoms with van der Waals surface area (Å²) < 4.78 is 0. The molecule has 1 aromatic heterocycles. The largest absolute Gasteiger partial charge is 0.351 e. The highest BCUT2D eigenvalue weighted by atomic mass is 35.5. The van der Waals surface area contributed by atoms with Crippen LogP contribution in [0.4, 0.5) is 0 Å². The van der Waals surface area contributed by atoms with Crippen molar-refractivity contribution in [1.29, 1.82) is 0 Å². The number of rotatable bonds is 6. The van der Waals surface area contributed by atoms with Crippen molar-refractivity contribution in [2.75, 3.05) is 5.75 Å². The van der Waals surface area contributed by atoms with Crippen LogP contribution in [0.3, 0.4) is 0 Å². The van der Waals surface area contributed by atoms with Gasteiger partial charge in [0.1, 0.15) is 0 Å². The zero-order valence-corrected chi connectivity index (χ0v) is 14.7. The van der Waals surface area contributed by atoms with Gasteiger partial charge in [0.15, 0.2) is 0 Å². The minimum atomic E-state index is -0.147. The quantitative estimate of drug-likeness (QED) is 0.841. The highest BCUT2D eigenvalue weighted by Crippen LogP contribution is 2.20. The number of nitrogens with one attached hydrogen (secondary N) is 2. The summed E-state index contributed by atoms with van der Waals surface area (Å²) in [6.07, 6.45) is 0. The van der Waals surface area contributed by atoms with Crippen LogP contribution >= 0.6 is 23.4 Å². The van der Waals surface area contributed by atoms with Gasteiger partial charge in [-0.25, -0.2) is 0 Å². The van der Waals surface area contributed by atoms with Crippen molar-refractivity contribution >= 4 is 29.3 Å². The molecule has 0 aliphatic rings. The average Bonchev–Trinajstić information content (AvgIpc) is 2.48. The van der Waals surface area contributed by atoms with Crippen LogP contribution in [0.15, 0.2) is 35.1 Å². The molecule has 2 N–H and O–H groups in total. The van der Waals surface area contributed by atoms with Crippen molar-refractivity contribution in [3.05, 3.63) is 68.1 Å². The van der Waals surface area contributed by atoms with Gasteiger partial charge >= 0.3 is 0 Å². The van der Waals surface area contributed by atoms with Crippen molar-refractivity contribution in [3.8, 4) is 0 Å². The Morgan fingerprint density at radius 2 is 2.04 bits per heavy atom. The normalized spacial score (nSPS) is 10.6. The molecule has 2 aromatic rings. The lowest BCUT2D eigenvalue weighted by atomic mass is 10.1. The minimum Gasteiger partial charge on any atom is -0.351 e. The number of halogens is 1. The van der Waals surface area contributed by atoms with E-state index in [0.717, 1.165) is 16.8 Å². The van der Waals surface area contributed by atoms with Gasteiger partial charge in [-0.15, -0.1) is 11.8 Å². The number of aryl methyl sites for hydroxylation is 2. The van der Waals surface area contributed by atoms with E-state index in [1.54, 1.807) is 0 Å². The molecule has 6 heteroatoms. The van der Waals surface area contributed by atoms with E-state index in [-0.39, 0.29) is 18.0 Å². The number of amides is 1. The lowest BCUT2D eigenvalue weighted by Gasteiger charge is -2.08. The Hall–Kier alpha value is -1.72. The van der Waals surface area contributed by atoms with Gasteiger partial charge in [0.25, 0.3) is 5.56 Å². The molecule has 0 bridgehead atoms. The van der Waals surface area contributed by atoms with Crippen molar-refractivity contribution in [2.24, 2.45) is 0 Å². The number of hydrogen-bond donors (Lipinski definition) is 2. The number of H-pyrrole nitrogens is 1. The Kier molecular flexibility index (Phi) is 6.30. The first-order valence-corrected chi connectivity index (χ1v) is 8.78. The number of carbonyl (C=O) groups is 1. The second-order valence-corrected chi connectivity index (χ2v) is 6.70. The summed E-state index contributed by atoms with van der Waals surface area (Å²) in [5.41, 5.74) is 3.16. The maximum absolute atomic E-state index is 11.9. The van der Waals surface area contributed by atoms with Crippen molar-refractivity contribution < 1.29 is 4.79 Å². The minimum absolute atomic E-state index is 0.0959. The number of pyridine rings is 1. The number of carbonyl (C=O) groups excluding carboxylic acids is 1. The smallest absolute Gasteiger partial charge is 0.253 e. The van der Waals surface area contributed by atoms with E-state index < -0.39 is 0 Å². The topological polar surface area (TPSA) is 62.0 Å². The number of thioether (sulfide) groups is 1. The molecule has 0 radical (unpaired) electrons. The molecule has 1 heterocycles. The fraction of sp³-hybridized carbons (Fsp3) is 0.294. The monoisotopic (exact) mass is 350 g/mol. The van der Waals surface area contributed by atoms with Gasteiger partial charge in [-0.05, 0) is 37.1 Å². The van der Waals surface area contributed by atoms with Crippen LogP contribution in [0.5, 0.6) is 0 Å². The molecule has 4 nitrogen and oxygen atoms in total. The molecule has 0 aliphatic heterocycles. The maximum Gasteiger partial charge on any atom is 0.253 e. The summed E-state index contributed by atoms with van der Waals surface area (Å²) in [5.74, 6) is 0.909. The maximum atomic E-state index is 11.9. The van der Waals surface area contributed by atoms with Crippen LogP contribution in [0.1, 0.15) is 22.4 Å². The molecule has 23 heavy (non-hydrogen) atoms. The molecule has 0 saturated carbocycles. The third kappa shape index (κ3) is 5.15. The fourth-order valence-electron chi connectivity index (χ4n) is 2.21. The Labute approximate surface area is 144 Å². The van der Waals surface area contributed by atoms with E-state index in [0.29, 0.717) is 22.1 Å². The summed E-state index contributed by atoms with van der Waals surface area (Å²) in [4.78, 5) is 26.5. The number of hydrogen-bond acceptors (Lipinski definition) is 3. The van der Waals surface area contributed by atoms with Crippen LogP contribution < -0.4 is 10.9 Å². The second-order valence-electron chi connectivity index (χ2n) is 5.30. The highest BCUT2D eigenvalue weighted by molar-refractivity contribution is 7.99. The molecule has 0 atom stereocenters. The summed E-state index contributed by atoms with van der Waals surface area (Å²) in [5, 5.41) is 3.50. The van der Waals surface area contributed by atoms with E-state index in [1.807, 2.05) is 44.2 Å². The molecule has 0 fully saturated rings. The molecule has 0 aliphatic carbocycles.